The van der Waals surface area contributed by atoms with Gasteiger partial charge in [-0.1, -0.05) is 24.0 Å². The average molecular weight is 214 g/mol. The molecule has 1 N–H and O–H groups in total. The molecule has 0 radical (unpaired) electrons. The van der Waals surface area contributed by atoms with Crippen molar-refractivity contribution in [3.05, 3.63) is 23.7 Å². The second-order valence-electron chi connectivity index (χ2n) is 2.31. The predicted molar refractivity (Wildman–Crippen MR) is 60.3 cm³/mol. The molecule has 13 heavy (non-hydrogen) atoms. The van der Waals surface area contributed by atoms with Crippen LogP contribution in [0.2, 0.25) is 0 Å². The van der Waals surface area contributed by atoms with Crippen LogP contribution in [0, 0.1) is 6.92 Å². The predicted octanol–water partition coefficient (Wildman–Crippen LogP) is 2.16. The lowest BCUT2D eigenvalue weighted by atomic mass is 10.4. The van der Waals surface area contributed by atoms with Crippen LogP contribution in [-0.2, 0) is 0 Å². The van der Waals surface area contributed by atoms with Crippen molar-refractivity contribution in [1.82, 2.24) is 5.43 Å². The number of thiocarbonyl (C=S) groups is 1. The molecule has 0 aliphatic rings. The van der Waals surface area contributed by atoms with Crippen molar-refractivity contribution in [3.63, 3.8) is 0 Å². The van der Waals surface area contributed by atoms with Gasteiger partial charge in [-0.2, -0.15) is 5.10 Å². The highest BCUT2D eigenvalue weighted by Gasteiger charge is 1.93. The molecule has 70 valence electrons. The average Bonchev–Trinajstić information content (AvgIpc) is 2.51. The molecular formula is C8H10N2OS2. The van der Waals surface area contributed by atoms with E-state index in [9.17, 15) is 0 Å². The Hall–Kier alpha value is -0.810. The number of rotatable bonds is 2. The van der Waals surface area contributed by atoms with Crippen molar-refractivity contribution in [2.24, 2.45) is 5.10 Å². The maximum atomic E-state index is 5.26. The fourth-order valence-corrected chi connectivity index (χ4v) is 0.914. The number of aryl methyl sites for hydroxylation is 1. The van der Waals surface area contributed by atoms with Gasteiger partial charge in [0.05, 0.1) is 6.21 Å². The van der Waals surface area contributed by atoms with E-state index in [1.54, 1.807) is 6.21 Å². The van der Waals surface area contributed by atoms with Gasteiger partial charge in [0.15, 0.2) is 4.32 Å². The quantitative estimate of drug-likeness (QED) is 0.465. The van der Waals surface area contributed by atoms with Gasteiger partial charge in [0.25, 0.3) is 0 Å². The van der Waals surface area contributed by atoms with E-state index in [4.69, 9.17) is 16.6 Å². The third-order valence-corrected chi connectivity index (χ3v) is 2.35. The minimum Gasteiger partial charge on any atom is -0.460 e. The summed E-state index contributed by atoms with van der Waals surface area (Å²) < 4.78 is 5.90. The summed E-state index contributed by atoms with van der Waals surface area (Å²) in [5.74, 6) is 1.59. The molecule has 1 aromatic rings. The zero-order chi connectivity index (χ0) is 9.68. The first-order valence-electron chi connectivity index (χ1n) is 3.66. The van der Waals surface area contributed by atoms with Crippen molar-refractivity contribution in [2.45, 2.75) is 6.92 Å². The molecule has 0 bridgehead atoms. The minimum absolute atomic E-state index is 0.638. The van der Waals surface area contributed by atoms with Crippen LogP contribution in [0.1, 0.15) is 11.5 Å². The van der Waals surface area contributed by atoms with Gasteiger partial charge in [-0.3, -0.25) is 5.43 Å². The minimum atomic E-state index is 0.638. The van der Waals surface area contributed by atoms with Gasteiger partial charge in [0.1, 0.15) is 11.5 Å². The lowest BCUT2D eigenvalue weighted by Gasteiger charge is -1.94. The lowest BCUT2D eigenvalue weighted by molar-refractivity contribution is 0.527. The Balaban J connectivity index is 2.45. The van der Waals surface area contributed by atoms with Crippen molar-refractivity contribution < 1.29 is 4.42 Å². The maximum Gasteiger partial charge on any atom is 0.153 e. The zero-order valence-corrected chi connectivity index (χ0v) is 9.04. The fraction of sp³-hybridized carbons (Fsp3) is 0.250. The van der Waals surface area contributed by atoms with Gasteiger partial charge in [-0.15, -0.1) is 0 Å². The molecule has 0 amide bonds. The van der Waals surface area contributed by atoms with Crippen LogP contribution in [0.25, 0.3) is 0 Å². The van der Waals surface area contributed by atoms with E-state index in [2.05, 4.69) is 10.5 Å². The maximum absolute atomic E-state index is 5.26. The Bertz CT molecular complexity index is 320. The third kappa shape index (κ3) is 3.61. The second kappa shape index (κ2) is 5.04. The van der Waals surface area contributed by atoms with Gasteiger partial charge in [-0.05, 0) is 25.3 Å². The number of furan rings is 1. The number of hydrogen-bond acceptors (Lipinski definition) is 4. The topological polar surface area (TPSA) is 37.5 Å². The number of hydrazone groups is 1. The molecule has 0 saturated carbocycles. The van der Waals surface area contributed by atoms with Gasteiger partial charge in [-0.25, -0.2) is 0 Å². The van der Waals surface area contributed by atoms with Gasteiger partial charge < -0.3 is 4.42 Å². The van der Waals surface area contributed by atoms with Crippen LogP contribution in [0.4, 0.5) is 0 Å². The molecule has 0 aromatic carbocycles. The normalized spacial score (nSPS) is 10.6. The third-order valence-electron chi connectivity index (χ3n) is 1.29. The molecule has 5 heteroatoms. The van der Waals surface area contributed by atoms with Gasteiger partial charge in [0.2, 0.25) is 0 Å². The van der Waals surface area contributed by atoms with Crippen LogP contribution < -0.4 is 5.43 Å². The molecule has 1 rings (SSSR count). The van der Waals surface area contributed by atoms with Gasteiger partial charge in [0, 0.05) is 0 Å². The van der Waals surface area contributed by atoms with Crippen molar-refractivity contribution in [1.29, 1.82) is 0 Å². The molecule has 0 aliphatic carbocycles. The first-order chi connectivity index (χ1) is 6.22. The van der Waals surface area contributed by atoms with E-state index in [1.165, 1.54) is 11.8 Å². The van der Waals surface area contributed by atoms with E-state index in [0.717, 1.165) is 5.76 Å². The molecular weight excluding hydrogens is 204 g/mol. The Kier molecular flexibility index (Phi) is 3.98. The fourth-order valence-electron chi connectivity index (χ4n) is 0.717. The SMILES string of the molecule is CSC(=S)N/N=C/c1ccc(C)o1. The molecule has 0 aliphatic heterocycles. The first-order valence-corrected chi connectivity index (χ1v) is 5.29. The number of nitrogens with zero attached hydrogens (tertiary/aromatic N) is 1. The highest BCUT2D eigenvalue weighted by atomic mass is 32.2. The summed E-state index contributed by atoms with van der Waals surface area (Å²) in [6, 6.07) is 3.73. The number of nitrogens with one attached hydrogen (secondary N) is 1. The van der Waals surface area contributed by atoms with Crippen LogP contribution in [0.3, 0.4) is 0 Å². The van der Waals surface area contributed by atoms with Crippen molar-refractivity contribution in [3.8, 4) is 0 Å². The van der Waals surface area contributed by atoms with E-state index < -0.39 is 0 Å². The van der Waals surface area contributed by atoms with E-state index >= 15 is 0 Å². The highest BCUT2D eigenvalue weighted by Crippen LogP contribution is 2.02. The standard InChI is InChI=1S/C8H10N2OS2/c1-6-3-4-7(11-6)5-9-10-8(12)13-2/h3-5H,1-2H3,(H,10,12)/b9-5+. The molecule has 0 unspecified atom stereocenters. The lowest BCUT2D eigenvalue weighted by Crippen LogP contribution is -2.09. The van der Waals surface area contributed by atoms with E-state index in [-0.39, 0.29) is 0 Å². The number of hydrogen-bond donors (Lipinski definition) is 1. The summed E-state index contributed by atoms with van der Waals surface area (Å²) >= 11 is 6.32. The molecule has 3 nitrogen and oxygen atoms in total. The zero-order valence-electron chi connectivity index (χ0n) is 7.40. The van der Waals surface area contributed by atoms with Crippen molar-refractivity contribution >= 4 is 34.5 Å². The molecule has 1 aromatic heterocycles. The Morgan fingerprint density at radius 1 is 1.69 bits per heavy atom. The van der Waals surface area contributed by atoms with E-state index in [0.29, 0.717) is 10.1 Å². The Labute approximate surface area is 86.6 Å². The van der Waals surface area contributed by atoms with Gasteiger partial charge >= 0.3 is 0 Å². The van der Waals surface area contributed by atoms with Crippen LogP contribution in [-0.4, -0.2) is 16.8 Å². The molecule has 0 fully saturated rings. The summed E-state index contributed by atoms with van der Waals surface area (Å²) in [4.78, 5) is 0. The Morgan fingerprint density at radius 3 is 3.00 bits per heavy atom. The molecule has 0 saturated heterocycles. The monoisotopic (exact) mass is 214 g/mol. The van der Waals surface area contributed by atoms with Crippen molar-refractivity contribution in [2.75, 3.05) is 6.26 Å². The first kappa shape index (κ1) is 10.3. The molecule has 1 heterocycles. The molecule has 0 spiro atoms. The number of thioether (sulfide) groups is 1. The van der Waals surface area contributed by atoms with Crippen LogP contribution >= 0.6 is 24.0 Å². The highest BCUT2D eigenvalue weighted by molar-refractivity contribution is 8.22. The largest absolute Gasteiger partial charge is 0.460 e. The summed E-state index contributed by atoms with van der Waals surface area (Å²) in [5.41, 5.74) is 2.69. The smallest absolute Gasteiger partial charge is 0.153 e. The Morgan fingerprint density at radius 2 is 2.46 bits per heavy atom. The summed E-state index contributed by atoms with van der Waals surface area (Å²) in [6.07, 6.45) is 3.48. The van der Waals surface area contributed by atoms with Crippen LogP contribution in [0.5, 0.6) is 0 Å². The molecule has 0 atom stereocenters. The summed E-state index contributed by atoms with van der Waals surface area (Å²) in [7, 11) is 0. The second-order valence-corrected chi connectivity index (χ2v) is 3.79. The summed E-state index contributed by atoms with van der Waals surface area (Å²) in [5, 5.41) is 3.89. The van der Waals surface area contributed by atoms with E-state index in [1.807, 2.05) is 25.3 Å². The summed E-state index contributed by atoms with van der Waals surface area (Å²) in [6.45, 7) is 1.89. The van der Waals surface area contributed by atoms with Crippen LogP contribution in [0.15, 0.2) is 21.7 Å².